The van der Waals surface area contributed by atoms with Crippen LogP contribution in [-0.2, 0) is 0 Å². The standard InChI is InChI=1S/C15H14ClN3O2/c1-10-8-12(21-2)6-5-11(10)9-18-19-15(20)13-4-3-7-17-14(13)16/h3-9H,1-2H3,(H,19,20). The molecule has 0 radical (unpaired) electrons. The number of hydrazone groups is 1. The first kappa shape index (κ1) is 15.0. The van der Waals surface area contributed by atoms with Crippen molar-refractivity contribution in [3.05, 3.63) is 58.4 Å². The molecule has 0 aliphatic carbocycles. The van der Waals surface area contributed by atoms with E-state index in [1.165, 1.54) is 6.20 Å². The number of nitrogens with one attached hydrogen (secondary N) is 1. The molecule has 1 aromatic carbocycles. The topological polar surface area (TPSA) is 63.6 Å². The molecule has 0 saturated carbocycles. The van der Waals surface area contributed by atoms with Crippen LogP contribution in [0.4, 0.5) is 0 Å². The maximum absolute atomic E-state index is 11.9. The van der Waals surface area contributed by atoms with Gasteiger partial charge in [-0.2, -0.15) is 5.10 Å². The smallest absolute Gasteiger partial charge is 0.274 e. The molecule has 0 bridgehead atoms. The van der Waals surface area contributed by atoms with Crippen LogP contribution in [0.5, 0.6) is 5.75 Å². The third kappa shape index (κ3) is 3.79. The third-order valence-corrected chi connectivity index (χ3v) is 3.15. The third-order valence-electron chi connectivity index (χ3n) is 2.85. The van der Waals surface area contributed by atoms with Crippen LogP contribution in [0, 0.1) is 6.92 Å². The van der Waals surface area contributed by atoms with Crippen molar-refractivity contribution in [2.24, 2.45) is 5.10 Å². The zero-order valence-corrected chi connectivity index (χ0v) is 12.4. The molecule has 2 rings (SSSR count). The van der Waals surface area contributed by atoms with E-state index >= 15 is 0 Å². The number of carbonyl (C=O) groups excluding carboxylic acids is 1. The summed E-state index contributed by atoms with van der Waals surface area (Å²) in [6, 6.07) is 8.80. The van der Waals surface area contributed by atoms with E-state index in [-0.39, 0.29) is 10.7 Å². The lowest BCUT2D eigenvalue weighted by Crippen LogP contribution is -2.18. The van der Waals surface area contributed by atoms with E-state index in [4.69, 9.17) is 16.3 Å². The SMILES string of the molecule is COc1ccc(C=NNC(=O)c2cccnc2Cl)c(C)c1. The molecule has 0 unspecified atom stereocenters. The normalized spacial score (nSPS) is 10.6. The predicted molar refractivity (Wildman–Crippen MR) is 82.0 cm³/mol. The summed E-state index contributed by atoms with van der Waals surface area (Å²) in [7, 11) is 1.61. The van der Waals surface area contributed by atoms with E-state index in [1.807, 2.05) is 25.1 Å². The van der Waals surface area contributed by atoms with Crippen LogP contribution >= 0.6 is 11.6 Å². The maximum Gasteiger partial charge on any atom is 0.274 e. The number of carbonyl (C=O) groups is 1. The summed E-state index contributed by atoms with van der Waals surface area (Å²) in [5.41, 5.74) is 4.57. The summed E-state index contributed by atoms with van der Waals surface area (Å²) in [5, 5.41) is 4.07. The number of methoxy groups -OCH3 is 1. The lowest BCUT2D eigenvalue weighted by Gasteiger charge is -2.04. The summed E-state index contributed by atoms with van der Waals surface area (Å²) < 4.78 is 5.13. The number of pyridine rings is 1. The van der Waals surface area contributed by atoms with Crippen LogP contribution in [0.15, 0.2) is 41.6 Å². The van der Waals surface area contributed by atoms with Gasteiger partial charge in [0, 0.05) is 6.20 Å². The molecule has 0 aliphatic rings. The fourth-order valence-electron chi connectivity index (χ4n) is 1.70. The van der Waals surface area contributed by atoms with E-state index in [1.54, 1.807) is 25.5 Å². The van der Waals surface area contributed by atoms with E-state index in [0.29, 0.717) is 0 Å². The molecule has 1 aromatic heterocycles. The van der Waals surface area contributed by atoms with Gasteiger partial charge >= 0.3 is 0 Å². The molecule has 6 heteroatoms. The zero-order chi connectivity index (χ0) is 15.2. The number of rotatable bonds is 4. The largest absolute Gasteiger partial charge is 0.497 e. The minimum Gasteiger partial charge on any atom is -0.497 e. The van der Waals surface area contributed by atoms with Crippen LogP contribution in [0.2, 0.25) is 5.15 Å². The number of nitrogens with zero attached hydrogens (tertiary/aromatic N) is 2. The van der Waals surface area contributed by atoms with Gasteiger partial charge in [-0.1, -0.05) is 11.6 Å². The fraction of sp³-hybridized carbons (Fsp3) is 0.133. The number of halogens is 1. The van der Waals surface area contributed by atoms with Crippen LogP contribution in [0.3, 0.4) is 0 Å². The van der Waals surface area contributed by atoms with Crippen molar-refractivity contribution >= 4 is 23.7 Å². The highest BCUT2D eigenvalue weighted by Gasteiger charge is 2.09. The Morgan fingerprint density at radius 2 is 2.24 bits per heavy atom. The quantitative estimate of drug-likeness (QED) is 0.536. The van der Waals surface area contributed by atoms with Gasteiger partial charge in [0.1, 0.15) is 10.9 Å². The number of aryl methyl sites for hydroxylation is 1. The fourth-order valence-corrected chi connectivity index (χ4v) is 1.90. The van der Waals surface area contributed by atoms with Crippen molar-refractivity contribution in [3.8, 4) is 5.75 Å². The second kappa shape index (κ2) is 6.85. The molecular weight excluding hydrogens is 290 g/mol. The van der Waals surface area contributed by atoms with Crippen LogP contribution in [-0.4, -0.2) is 24.2 Å². The Hall–Kier alpha value is -2.40. The average Bonchev–Trinajstić information content (AvgIpc) is 2.49. The summed E-state index contributed by atoms with van der Waals surface area (Å²) in [4.78, 5) is 15.7. The first-order valence-corrected chi connectivity index (χ1v) is 6.58. The Morgan fingerprint density at radius 1 is 1.43 bits per heavy atom. The van der Waals surface area contributed by atoms with E-state index < -0.39 is 5.91 Å². The Morgan fingerprint density at radius 3 is 2.90 bits per heavy atom. The molecule has 0 spiro atoms. The molecule has 0 aliphatic heterocycles. The molecule has 1 heterocycles. The second-order valence-corrected chi connectivity index (χ2v) is 4.62. The van der Waals surface area contributed by atoms with E-state index in [0.717, 1.165) is 16.9 Å². The van der Waals surface area contributed by atoms with Gasteiger partial charge in [-0.15, -0.1) is 0 Å². The first-order valence-electron chi connectivity index (χ1n) is 6.20. The highest BCUT2D eigenvalue weighted by Crippen LogP contribution is 2.15. The molecule has 0 atom stereocenters. The van der Waals surface area contributed by atoms with Crippen molar-refractivity contribution in [1.82, 2.24) is 10.4 Å². The summed E-state index contributed by atoms with van der Waals surface area (Å²) >= 11 is 5.84. The number of benzene rings is 1. The Bertz CT molecular complexity index is 686. The average molecular weight is 304 g/mol. The van der Waals surface area contributed by atoms with Crippen molar-refractivity contribution in [2.45, 2.75) is 6.92 Å². The van der Waals surface area contributed by atoms with Crippen LogP contribution in [0.1, 0.15) is 21.5 Å². The number of aromatic nitrogens is 1. The summed E-state index contributed by atoms with van der Waals surface area (Å²) in [5.74, 6) is 0.367. The van der Waals surface area contributed by atoms with Crippen molar-refractivity contribution in [1.29, 1.82) is 0 Å². The van der Waals surface area contributed by atoms with Gasteiger partial charge in [0.25, 0.3) is 5.91 Å². The predicted octanol–water partition coefficient (Wildman–Crippen LogP) is 2.82. The maximum atomic E-state index is 11.9. The molecule has 1 amide bonds. The monoisotopic (exact) mass is 303 g/mol. The van der Waals surface area contributed by atoms with Crippen LogP contribution in [0.25, 0.3) is 0 Å². The zero-order valence-electron chi connectivity index (χ0n) is 11.6. The van der Waals surface area contributed by atoms with Gasteiger partial charge in [-0.05, 0) is 48.4 Å². The van der Waals surface area contributed by atoms with Crippen molar-refractivity contribution < 1.29 is 9.53 Å². The second-order valence-electron chi connectivity index (χ2n) is 4.26. The van der Waals surface area contributed by atoms with Gasteiger partial charge in [-0.3, -0.25) is 4.79 Å². The lowest BCUT2D eigenvalue weighted by molar-refractivity contribution is 0.0955. The summed E-state index contributed by atoms with van der Waals surface area (Å²) in [6.07, 6.45) is 3.08. The van der Waals surface area contributed by atoms with Gasteiger partial charge in [0.15, 0.2) is 0 Å². The Labute approximate surface area is 127 Å². The summed E-state index contributed by atoms with van der Waals surface area (Å²) in [6.45, 7) is 1.93. The number of ether oxygens (including phenoxy) is 1. The molecule has 0 fully saturated rings. The lowest BCUT2D eigenvalue weighted by atomic mass is 10.1. The highest BCUT2D eigenvalue weighted by molar-refractivity contribution is 6.32. The molecule has 5 nitrogen and oxygen atoms in total. The van der Waals surface area contributed by atoms with E-state index in [9.17, 15) is 4.79 Å². The molecule has 21 heavy (non-hydrogen) atoms. The van der Waals surface area contributed by atoms with Crippen LogP contribution < -0.4 is 10.2 Å². The van der Waals surface area contributed by atoms with Gasteiger partial charge in [-0.25, -0.2) is 10.4 Å². The van der Waals surface area contributed by atoms with Gasteiger partial charge < -0.3 is 4.74 Å². The molecular formula is C15H14ClN3O2. The highest BCUT2D eigenvalue weighted by atomic mass is 35.5. The van der Waals surface area contributed by atoms with E-state index in [2.05, 4.69) is 15.5 Å². The number of hydrogen-bond donors (Lipinski definition) is 1. The molecule has 108 valence electrons. The molecule has 0 saturated heterocycles. The first-order chi connectivity index (χ1) is 10.1. The van der Waals surface area contributed by atoms with Crippen molar-refractivity contribution in [2.75, 3.05) is 7.11 Å². The molecule has 2 aromatic rings. The number of amides is 1. The Kier molecular flexibility index (Phi) is 4.90. The minimum atomic E-state index is -0.407. The minimum absolute atomic E-state index is 0.144. The van der Waals surface area contributed by atoms with Crippen molar-refractivity contribution in [3.63, 3.8) is 0 Å². The number of hydrogen-bond acceptors (Lipinski definition) is 4. The van der Waals surface area contributed by atoms with Gasteiger partial charge in [0.05, 0.1) is 18.9 Å². The molecule has 1 N–H and O–H groups in total. The van der Waals surface area contributed by atoms with Gasteiger partial charge in [0.2, 0.25) is 0 Å². The Balaban J connectivity index is 2.06.